The number of nitrogens with zero attached hydrogens (tertiary/aromatic N) is 3. The van der Waals surface area contributed by atoms with E-state index in [0.717, 1.165) is 42.5 Å². The van der Waals surface area contributed by atoms with Gasteiger partial charge in [-0.05, 0) is 40.2 Å². The van der Waals surface area contributed by atoms with Gasteiger partial charge >= 0.3 is 0 Å². The fourth-order valence-corrected chi connectivity index (χ4v) is 3.32. The number of aryl methyl sites for hydroxylation is 2. The molecule has 18 heavy (non-hydrogen) atoms. The molecule has 0 amide bonds. The smallest absolute Gasteiger partial charge is 0.208 e. The van der Waals surface area contributed by atoms with Gasteiger partial charge < -0.3 is 4.42 Å². The minimum absolute atomic E-state index is 0.731. The van der Waals surface area contributed by atoms with Gasteiger partial charge in [0.2, 0.25) is 5.89 Å². The Balaban J connectivity index is 1.67. The highest BCUT2D eigenvalue weighted by molar-refractivity contribution is 5.05. The summed E-state index contributed by atoms with van der Waals surface area (Å²) in [6.45, 7) is 7.20. The molecule has 4 nitrogen and oxygen atoms in total. The van der Waals surface area contributed by atoms with Gasteiger partial charge in [0, 0.05) is 25.2 Å². The third kappa shape index (κ3) is 2.19. The number of oxazole rings is 1. The molecule has 0 saturated carbocycles. The number of rotatable bonds is 2. The molecule has 2 aliphatic heterocycles. The number of likely N-dealkylation sites (tertiary alicyclic amines) is 1. The minimum atomic E-state index is 0.731. The summed E-state index contributed by atoms with van der Waals surface area (Å²) in [5.41, 5.74) is 1.03. The van der Waals surface area contributed by atoms with E-state index in [1.165, 1.54) is 25.8 Å². The van der Waals surface area contributed by atoms with E-state index in [1.54, 1.807) is 0 Å². The number of hydrogen-bond acceptors (Lipinski definition) is 4. The molecule has 2 bridgehead atoms. The molecule has 1 aromatic rings. The molecular formula is C14H23N3O. The van der Waals surface area contributed by atoms with Crippen LogP contribution >= 0.6 is 0 Å². The molecule has 3 rings (SSSR count). The van der Waals surface area contributed by atoms with E-state index in [4.69, 9.17) is 4.42 Å². The molecule has 0 aromatic carbocycles. The first-order chi connectivity index (χ1) is 8.63. The Morgan fingerprint density at radius 1 is 1.22 bits per heavy atom. The number of aromatic nitrogens is 1. The maximum atomic E-state index is 5.70. The van der Waals surface area contributed by atoms with Gasteiger partial charge in [-0.1, -0.05) is 0 Å². The van der Waals surface area contributed by atoms with Crippen molar-refractivity contribution in [2.24, 2.45) is 0 Å². The average molecular weight is 249 g/mol. The first-order valence-electron chi connectivity index (χ1n) is 7.00. The van der Waals surface area contributed by atoms with Crippen molar-refractivity contribution in [3.05, 3.63) is 17.3 Å². The van der Waals surface area contributed by atoms with Crippen molar-refractivity contribution in [1.82, 2.24) is 14.8 Å². The second-order valence-electron chi connectivity index (χ2n) is 5.82. The third-order valence-electron chi connectivity index (χ3n) is 4.66. The van der Waals surface area contributed by atoms with E-state index < -0.39 is 0 Å². The van der Waals surface area contributed by atoms with Crippen molar-refractivity contribution in [2.45, 2.75) is 51.7 Å². The highest BCUT2D eigenvalue weighted by Gasteiger charge is 2.34. The Kier molecular flexibility index (Phi) is 3.16. The van der Waals surface area contributed by atoms with Gasteiger partial charge in [0.1, 0.15) is 5.76 Å². The van der Waals surface area contributed by atoms with Crippen LogP contribution < -0.4 is 0 Å². The fraction of sp³-hybridized carbons (Fsp3) is 0.786. The van der Waals surface area contributed by atoms with Crippen LogP contribution in [-0.4, -0.2) is 47.0 Å². The van der Waals surface area contributed by atoms with Crippen molar-refractivity contribution < 1.29 is 4.42 Å². The molecular weight excluding hydrogens is 226 g/mol. The molecule has 2 atom stereocenters. The topological polar surface area (TPSA) is 32.5 Å². The predicted molar refractivity (Wildman–Crippen MR) is 70.4 cm³/mol. The quantitative estimate of drug-likeness (QED) is 0.802. The number of likely N-dealkylation sites (N-methyl/N-ethyl adjacent to an activating group) is 1. The summed E-state index contributed by atoms with van der Waals surface area (Å²) in [6.07, 6.45) is 4.01. The lowest BCUT2D eigenvalue weighted by molar-refractivity contribution is 0.201. The molecule has 4 heteroatoms. The Labute approximate surface area is 109 Å². The number of fused-ring (bicyclic) bond motifs is 2. The fourth-order valence-electron chi connectivity index (χ4n) is 3.32. The lowest BCUT2D eigenvalue weighted by atomic mass is 10.1. The summed E-state index contributed by atoms with van der Waals surface area (Å²) in [4.78, 5) is 9.57. The highest BCUT2D eigenvalue weighted by atomic mass is 16.4. The summed E-state index contributed by atoms with van der Waals surface area (Å²) in [7, 11) is 2.28. The molecule has 0 radical (unpaired) electrons. The average Bonchev–Trinajstić information content (AvgIpc) is 2.74. The Bertz CT molecular complexity index is 409. The minimum Gasteiger partial charge on any atom is -0.444 e. The lowest BCUT2D eigenvalue weighted by Gasteiger charge is -2.24. The van der Waals surface area contributed by atoms with E-state index in [-0.39, 0.29) is 0 Å². The van der Waals surface area contributed by atoms with Crippen LogP contribution in [0.5, 0.6) is 0 Å². The van der Waals surface area contributed by atoms with Crippen molar-refractivity contribution in [1.29, 1.82) is 0 Å². The Morgan fingerprint density at radius 3 is 2.72 bits per heavy atom. The van der Waals surface area contributed by atoms with Crippen molar-refractivity contribution in [2.75, 3.05) is 20.1 Å². The van der Waals surface area contributed by atoms with Crippen LogP contribution in [0.3, 0.4) is 0 Å². The lowest BCUT2D eigenvalue weighted by Crippen LogP contribution is -2.36. The number of hydrogen-bond donors (Lipinski definition) is 0. The van der Waals surface area contributed by atoms with Gasteiger partial charge in [-0.15, -0.1) is 0 Å². The Hall–Kier alpha value is -0.870. The van der Waals surface area contributed by atoms with Crippen LogP contribution in [0.4, 0.5) is 0 Å². The molecule has 100 valence electrons. The largest absolute Gasteiger partial charge is 0.444 e. The van der Waals surface area contributed by atoms with Crippen molar-refractivity contribution in [3.8, 4) is 0 Å². The summed E-state index contributed by atoms with van der Waals surface area (Å²) in [6, 6.07) is 1.53. The first-order valence-corrected chi connectivity index (χ1v) is 7.00. The zero-order valence-corrected chi connectivity index (χ0v) is 11.6. The predicted octanol–water partition coefficient (Wildman–Crippen LogP) is 1.96. The highest BCUT2D eigenvalue weighted by Crippen LogP contribution is 2.29. The van der Waals surface area contributed by atoms with Crippen LogP contribution in [0.1, 0.15) is 36.6 Å². The maximum Gasteiger partial charge on any atom is 0.208 e. The maximum absolute atomic E-state index is 5.70. The van der Waals surface area contributed by atoms with Gasteiger partial charge in [0.05, 0.1) is 12.2 Å². The van der Waals surface area contributed by atoms with Crippen LogP contribution in [-0.2, 0) is 6.54 Å². The van der Waals surface area contributed by atoms with Crippen LogP contribution in [0, 0.1) is 13.8 Å². The zero-order chi connectivity index (χ0) is 12.7. The first kappa shape index (κ1) is 12.2. The molecule has 0 aliphatic carbocycles. The van der Waals surface area contributed by atoms with Gasteiger partial charge in [-0.2, -0.15) is 0 Å². The normalized spacial score (nSPS) is 29.7. The SMILES string of the molecule is Cc1nc(CN2CC[C@H]3CC[C@@H](C2)N3C)oc1C. The van der Waals surface area contributed by atoms with Gasteiger partial charge in [0.25, 0.3) is 0 Å². The summed E-state index contributed by atoms with van der Waals surface area (Å²) in [5, 5.41) is 0. The summed E-state index contributed by atoms with van der Waals surface area (Å²) in [5.74, 6) is 1.84. The van der Waals surface area contributed by atoms with Gasteiger partial charge in [-0.25, -0.2) is 4.98 Å². The Morgan fingerprint density at radius 2 is 2.00 bits per heavy atom. The van der Waals surface area contributed by atoms with Gasteiger partial charge in [-0.3, -0.25) is 9.80 Å². The molecule has 2 saturated heterocycles. The standard InChI is InChI=1S/C14H23N3O/c1-10-11(2)18-14(15-10)9-17-7-6-12-4-5-13(8-17)16(12)3/h12-13H,4-9H2,1-3H3/t12-,13+/m1/s1. The second kappa shape index (κ2) is 4.67. The monoisotopic (exact) mass is 249 g/mol. The second-order valence-corrected chi connectivity index (χ2v) is 5.82. The molecule has 0 spiro atoms. The van der Waals surface area contributed by atoms with E-state index >= 15 is 0 Å². The summed E-state index contributed by atoms with van der Waals surface area (Å²) < 4.78 is 5.70. The summed E-state index contributed by atoms with van der Waals surface area (Å²) >= 11 is 0. The molecule has 2 aliphatic rings. The molecule has 3 heterocycles. The van der Waals surface area contributed by atoms with Crippen LogP contribution in [0.25, 0.3) is 0 Å². The molecule has 0 unspecified atom stereocenters. The van der Waals surface area contributed by atoms with E-state index in [0.29, 0.717) is 0 Å². The third-order valence-corrected chi connectivity index (χ3v) is 4.66. The van der Waals surface area contributed by atoms with Crippen LogP contribution in [0.2, 0.25) is 0 Å². The molecule has 1 aromatic heterocycles. The van der Waals surface area contributed by atoms with Crippen LogP contribution in [0.15, 0.2) is 4.42 Å². The van der Waals surface area contributed by atoms with Gasteiger partial charge in [0.15, 0.2) is 0 Å². The zero-order valence-electron chi connectivity index (χ0n) is 11.6. The van der Waals surface area contributed by atoms with Crippen molar-refractivity contribution >= 4 is 0 Å². The van der Waals surface area contributed by atoms with E-state index in [2.05, 4.69) is 21.8 Å². The van der Waals surface area contributed by atoms with E-state index in [9.17, 15) is 0 Å². The molecule has 0 N–H and O–H groups in total. The molecule has 2 fully saturated rings. The van der Waals surface area contributed by atoms with E-state index in [1.807, 2.05) is 13.8 Å². The van der Waals surface area contributed by atoms with Crippen molar-refractivity contribution in [3.63, 3.8) is 0 Å².